The van der Waals surface area contributed by atoms with Gasteiger partial charge in [0, 0.05) is 6.92 Å². The molecule has 20 heavy (non-hydrogen) atoms. The average Bonchev–Trinajstić information content (AvgIpc) is 2.82. The molecule has 0 atom stereocenters. The molecule has 1 N–H and O–H groups in total. The predicted octanol–water partition coefficient (Wildman–Crippen LogP) is 0.0923. The van der Waals surface area contributed by atoms with Gasteiger partial charge >= 0.3 is 5.97 Å². The lowest BCUT2D eigenvalue weighted by Crippen LogP contribution is -2.55. The highest BCUT2D eigenvalue weighted by molar-refractivity contribution is 5.87. The average molecular weight is 281 g/mol. The number of nitrogens with one attached hydrogen (secondary N) is 1. The van der Waals surface area contributed by atoms with Crippen molar-refractivity contribution < 1.29 is 14.3 Å². The molecule has 2 rings (SSSR count). The second-order valence-corrected chi connectivity index (χ2v) is 5.10. The molecule has 1 heterocycles. The van der Waals surface area contributed by atoms with Crippen LogP contribution in [0.2, 0.25) is 0 Å². The van der Waals surface area contributed by atoms with Crippen LogP contribution in [0.25, 0.3) is 0 Å². The number of amides is 1. The number of aromatic nitrogens is 4. The SMILES string of the molecule is CC(=O)NC1(C(=O)OCc2nnn(C)n2)CCCCC1. The Morgan fingerprint density at radius 1 is 1.35 bits per heavy atom. The fourth-order valence-corrected chi connectivity index (χ4v) is 2.52. The molecule has 1 fully saturated rings. The second kappa shape index (κ2) is 5.98. The molecule has 0 bridgehead atoms. The Morgan fingerprint density at radius 3 is 2.60 bits per heavy atom. The van der Waals surface area contributed by atoms with Crippen molar-refractivity contribution in [1.82, 2.24) is 25.5 Å². The lowest BCUT2D eigenvalue weighted by molar-refractivity contribution is -0.156. The van der Waals surface area contributed by atoms with Crippen molar-refractivity contribution >= 4 is 11.9 Å². The van der Waals surface area contributed by atoms with E-state index in [1.807, 2.05) is 0 Å². The fraction of sp³-hybridized carbons (Fsp3) is 0.750. The van der Waals surface area contributed by atoms with Crippen LogP contribution in [0.1, 0.15) is 44.9 Å². The van der Waals surface area contributed by atoms with Crippen LogP contribution < -0.4 is 5.32 Å². The van der Waals surface area contributed by atoms with Crippen LogP contribution in [0.4, 0.5) is 0 Å². The molecule has 0 aromatic carbocycles. The minimum atomic E-state index is -0.897. The summed E-state index contributed by atoms with van der Waals surface area (Å²) in [5.41, 5.74) is -0.897. The van der Waals surface area contributed by atoms with Gasteiger partial charge in [-0.25, -0.2) is 4.79 Å². The quantitative estimate of drug-likeness (QED) is 0.785. The van der Waals surface area contributed by atoms with E-state index in [2.05, 4.69) is 20.7 Å². The summed E-state index contributed by atoms with van der Waals surface area (Å²) < 4.78 is 5.25. The molecule has 0 saturated heterocycles. The van der Waals surface area contributed by atoms with E-state index < -0.39 is 11.5 Å². The highest BCUT2D eigenvalue weighted by atomic mass is 16.5. The molecule has 1 aliphatic carbocycles. The number of tetrazole rings is 1. The van der Waals surface area contributed by atoms with E-state index in [1.54, 1.807) is 7.05 Å². The minimum absolute atomic E-state index is 0.0337. The van der Waals surface area contributed by atoms with Crippen molar-refractivity contribution in [2.45, 2.75) is 51.2 Å². The number of ether oxygens (including phenoxy) is 1. The Hall–Kier alpha value is -1.99. The van der Waals surface area contributed by atoms with Gasteiger partial charge in [0.15, 0.2) is 6.61 Å². The molecule has 0 unspecified atom stereocenters. The maximum absolute atomic E-state index is 12.3. The van der Waals surface area contributed by atoms with Crippen LogP contribution in [0, 0.1) is 0 Å². The molecule has 110 valence electrons. The second-order valence-electron chi connectivity index (χ2n) is 5.10. The molecule has 1 aromatic rings. The maximum atomic E-state index is 12.3. The van der Waals surface area contributed by atoms with Gasteiger partial charge in [-0.1, -0.05) is 19.3 Å². The maximum Gasteiger partial charge on any atom is 0.332 e. The van der Waals surface area contributed by atoms with Crippen molar-refractivity contribution in [3.8, 4) is 0 Å². The molecule has 0 radical (unpaired) electrons. The van der Waals surface area contributed by atoms with Crippen molar-refractivity contribution in [3.63, 3.8) is 0 Å². The largest absolute Gasteiger partial charge is 0.456 e. The van der Waals surface area contributed by atoms with Gasteiger partial charge in [-0.2, -0.15) is 4.80 Å². The first-order valence-electron chi connectivity index (χ1n) is 6.71. The number of esters is 1. The van der Waals surface area contributed by atoms with Crippen LogP contribution in [-0.4, -0.2) is 37.6 Å². The van der Waals surface area contributed by atoms with Gasteiger partial charge in [0.1, 0.15) is 5.54 Å². The molecule has 8 heteroatoms. The highest BCUT2D eigenvalue weighted by Gasteiger charge is 2.41. The summed E-state index contributed by atoms with van der Waals surface area (Å²) in [6.45, 7) is 1.38. The first-order chi connectivity index (χ1) is 9.52. The summed E-state index contributed by atoms with van der Waals surface area (Å²) in [5.74, 6) is -0.295. The third-order valence-corrected chi connectivity index (χ3v) is 3.40. The summed E-state index contributed by atoms with van der Waals surface area (Å²) >= 11 is 0. The summed E-state index contributed by atoms with van der Waals surface area (Å²) in [6, 6.07) is 0. The van der Waals surface area contributed by atoms with Crippen molar-refractivity contribution in [2.75, 3.05) is 0 Å². The minimum Gasteiger partial charge on any atom is -0.456 e. The Balaban J connectivity index is 2.00. The summed E-state index contributed by atoms with van der Waals surface area (Å²) in [6.07, 6.45) is 4.09. The molecule has 1 aromatic heterocycles. The Morgan fingerprint density at radius 2 is 2.05 bits per heavy atom. The Kier molecular flexibility index (Phi) is 4.31. The number of carbonyl (C=O) groups is 2. The van der Waals surface area contributed by atoms with Gasteiger partial charge in [-0.05, 0) is 18.1 Å². The lowest BCUT2D eigenvalue weighted by atomic mass is 9.81. The number of carbonyl (C=O) groups excluding carboxylic acids is 2. The van der Waals surface area contributed by atoms with Crippen molar-refractivity contribution in [3.05, 3.63) is 5.82 Å². The van der Waals surface area contributed by atoms with Crippen LogP contribution in [-0.2, 0) is 28.0 Å². The number of nitrogens with zero attached hydrogens (tertiary/aromatic N) is 4. The van der Waals surface area contributed by atoms with E-state index in [1.165, 1.54) is 11.7 Å². The van der Waals surface area contributed by atoms with E-state index in [0.717, 1.165) is 19.3 Å². The zero-order valence-electron chi connectivity index (χ0n) is 11.8. The first-order valence-corrected chi connectivity index (χ1v) is 6.71. The molecule has 1 saturated carbocycles. The van der Waals surface area contributed by atoms with Crippen LogP contribution in [0.5, 0.6) is 0 Å². The van der Waals surface area contributed by atoms with E-state index in [-0.39, 0.29) is 12.5 Å². The van der Waals surface area contributed by atoms with E-state index in [9.17, 15) is 9.59 Å². The zero-order valence-corrected chi connectivity index (χ0v) is 11.8. The molecule has 0 aliphatic heterocycles. The smallest absolute Gasteiger partial charge is 0.332 e. The third kappa shape index (κ3) is 3.31. The van der Waals surface area contributed by atoms with Crippen molar-refractivity contribution in [2.24, 2.45) is 7.05 Å². The van der Waals surface area contributed by atoms with Gasteiger partial charge in [0.25, 0.3) is 0 Å². The molecular weight excluding hydrogens is 262 g/mol. The van der Waals surface area contributed by atoms with Gasteiger partial charge < -0.3 is 10.1 Å². The molecular formula is C12H19N5O3. The third-order valence-electron chi connectivity index (χ3n) is 3.40. The standard InChI is InChI=1S/C12H19N5O3/c1-9(18)13-12(6-4-3-5-7-12)11(19)20-8-10-14-16-17(2)15-10/h3-8H2,1-2H3,(H,13,18). The normalized spacial score (nSPS) is 17.5. The molecule has 8 nitrogen and oxygen atoms in total. The monoisotopic (exact) mass is 281 g/mol. The molecule has 0 spiro atoms. The predicted molar refractivity (Wildman–Crippen MR) is 68.2 cm³/mol. The van der Waals surface area contributed by atoms with Crippen LogP contribution >= 0.6 is 0 Å². The van der Waals surface area contributed by atoms with Gasteiger partial charge in [-0.15, -0.1) is 10.2 Å². The number of hydrogen-bond donors (Lipinski definition) is 1. The Bertz CT molecular complexity index is 493. The lowest BCUT2D eigenvalue weighted by Gasteiger charge is -2.35. The first kappa shape index (κ1) is 14.4. The summed E-state index contributed by atoms with van der Waals surface area (Å²) in [7, 11) is 1.64. The van der Waals surface area contributed by atoms with Crippen LogP contribution in [0.15, 0.2) is 0 Å². The van der Waals surface area contributed by atoms with E-state index in [4.69, 9.17) is 4.74 Å². The fourth-order valence-electron chi connectivity index (χ4n) is 2.52. The van der Waals surface area contributed by atoms with Gasteiger partial charge in [-0.3, -0.25) is 4.79 Å². The highest BCUT2D eigenvalue weighted by Crippen LogP contribution is 2.29. The van der Waals surface area contributed by atoms with Crippen LogP contribution in [0.3, 0.4) is 0 Å². The number of hydrogen-bond acceptors (Lipinski definition) is 6. The molecule has 1 amide bonds. The Labute approximate surface area is 116 Å². The van der Waals surface area contributed by atoms with Crippen molar-refractivity contribution in [1.29, 1.82) is 0 Å². The summed E-state index contributed by atoms with van der Waals surface area (Å²) in [5, 5.41) is 14.1. The zero-order chi connectivity index (χ0) is 14.6. The number of rotatable bonds is 4. The van der Waals surface area contributed by atoms with Gasteiger partial charge in [0.05, 0.1) is 7.05 Å². The van der Waals surface area contributed by atoms with E-state index in [0.29, 0.717) is 18.7 Å². The number of aryl methyl sites for hydroxylation is 1. The van der Waals surface area contributed by atoms with Gasteiger partial charge in [0.2, 0.25) is 11.7 Å². The summed E-state index contributed by atoms with van der Waals surface area (Å²) in [4.78, 5) is 25.0. The topological polar surface area (TPSA) is 99.0 Å². The molecule has 1 aliphatic rings. The van der Waals surface area contributed by atoms with E-state index >= 15 is 0 Å².